The Balaban J connectivity index is 1.86. The molecule has 2 heterocycles. The van der Waals surface area contributed by atoms with E-state index in [9.17, 15) is 0 Å². The van der Waals surface area contributed by atoms with Gasteiger partial charge in [0.25, 0.3) is 0 Å². The lowest BCUT2D eigenvalue weighted by Gasteiger charge is -2.26. The molecule has 0 fully saturated rings. The fourth-order valence-electron chi connectivity index (χ4n) is 3.65. The Morgan fingerprint density at radius 1 is 1.05 bits per heavy atom. The summed E-state index contributed by atoms with van der Waals surface area (Å²) in [5.41, 5.74) is 3.55. The third kappa shape index (κ3) is 1.32. The van der Waals surface area contributed by atoms with Gasteiger partial charge in [0.05, 0.1) is 10.9 Å². The summed E-state index contributed by atoms with van der Waals surface area (Å²) in [4.78, 5) is 3.49. The van der Waals surface area contributed by atoms with Crippen LogP contribution in [0, 0.1) is 0 Å². The fraction of sp³-hybridized carbons (Fsp3) is 0.158. The van der Waals surface area contributed by atoms with E-state index in [1.165, 1.54) is 21.9 Å². The molecule has 0 bridgehead atoms. The number of rotatable bonds is 0. The van der Waals surface area contributed by atoms with Crippen molar-refractivity contribution in [1.29, 1.82) is 0 Å². The molecular formula is C19H15NO. The van der Waals surface area contributed by atoms with E-state index in [0.29, 0.717) is 0 Å². The summed E-state index contributed by atoms with van der Waals surface area (Å²) < 4.78 is 6.16. The number of hydrogen-bond acceptors (Lipinski definition) is 1. The van der Waals surface area contributed by atoms with Crippen LogP contribution < -0.4 is 4.74 Å². The molecule has 1 aliphatic carbocycles. The number of nitrogens with one attached hydrogen (secondary N) is 1. The molecule has 1 aliphatic heterocycles. The second-order valence-corrected chi connectivity index (χ2v) is 6.13. The zero-order chi connectivity index (χ0) is 14.0. The monoisotopic (exact) mass is 273 g/mol. The van der Waals surface area contributed by atoms with Gasteiger partial charge in [0, 0.05) is 27.9 Å². The largest absolute Gasteiger partial charge is 0.485 e. The summed E-state index contributed by atoms with van der Waals surface area (Å²) in [5.74, 6) is 0.998. The Morgan fingerprint density at radius 2 is 1.95 bits per heavy atom. The number of para-hydroxylation sites is 1. The first kappa shape index (κ1) is 11.2. The highest BCUT2D eigenvalue weighted by atomic mass is 16.5. The smallest absolute Gasteiger partial charge is 0.130 e. The van der Waals surface area contributed by atoms with Gasteiger partial charge in [0.15, 0.2) is 0 Å². The van der Waals surface area contributed by atoms with E-state index in [2.05, 4.69) is 72.6 Å². The van der Waals surface area contributed by atoms with E-state index in [0.717, 1.165) is 11.3 Å². The van der Waals surface area contributed by atoms with Gasteiger partial charge in [0.1, 0.15) is 11.9 Å². The maximum absolute atomic E-state index is 6.16. The normalized spacial score (nSPS) is 26.0. The molecule has 102 valence electrons. The predicted octanol–water partition coefficient (Wildman–Crippen LogP) is 4.47. The minimum absolute atomic E-state index is 0.0589. The molecule has 5 rings (SSSR count). The van der Waals surface area contributed by atoms with Crippen LogP contribution in [0.3, 0.4) is 0 Å². The van der Waals surface area contributed by atoms with Crippen LogP contribution in [-0.4, -0.2) is 11.1 Å². The molecule has 2 aromatic carbocycles. The summed E-state index contributed by atoms with van der Waals surface area (Å²) >= 11 is 0. The maximum Gasteiger partial charge on any atom is 0.130 e. The third-order valence-electron chi connectivity index (χ3n) is 4.87. The molecule has 1 unspecified atom stereocenters. The number of aromatic nitrogens is 1. The highest BCUT2D eigenvalue weighted by molar-refractivity contribution is 6.08. The van der Waals surface area contributed by atoms with E-state index in [1.54, 1.807) is 0 Å². The molecule has 0 saturated carbocycles. The molecule has 0 saturated heterocycles. The molecule has 0 spiro atoms. The number of aromatic amines is 1. The number of fused-ring (bicyclic) bond motifs is 6. The van der Waals surface area contributed by atoms with Crippen molar-refractivity contribution >= 4 is 21.8 Å². The maximum atomic E-state index is 6.16. The van der Waals surface area contributed by atoms with Crippen LogP contribution in [0.15, 0.2) is 60.7 Å². The van der Waals surface area contributed by atoms with Gasteiger partial charge in [-0.15, -0.1) is 0 Å². The van der Waals surface area contributed by atoms with Crippen LogP contribution in [0.5, 0.6) is 5.75 Å². The molecule has 0 radical (unpaired) electrons. The summed E-state index contributed by atoms with van der Waals surface area (Å²) in [6.45, 7) is 2.25. The van der Waals surface area contributed by atoms with E-state index in [1.807, 2.05) is 0 Å². The first-order valence-corrected chi connectivity index (χ1v) is 7.33. The first-order chi connectivity index (χ1) is 10.3. The molecule has 2 atom stereocenters. The highest BCUT2D eigenvalue weighted by Crippen LogP contribution is 2.48. The number of benzene rings is 2. The van der Waals surface area contributed by atoms with Gasteiger partial charge in [-0.2, -0.15) is 0 Å². The van der Waals surface area contributed by atoms with Gasteiger partial charge in [0.2, 0.25) is 0 Å². The zero-order valence-electron chi connectivity index (χ0n) is 11.8. The topological polar surface area (TPSA) is 25.0 Å². The lowest BCUT2D eigenvalue weighted by molar-refractivity contribution is 0.228. The second kappa shape index (κ2) is 3.59. The number of ether oxygens (including phenoxy) is 1. The van der Waals surface area contributed by atoms with Gasteiger partial charge in [-0.05, 0) is 25.1 Å². The quantitative estimate of drug-likeness (QED) is 0.642. The average Bonchev–Trinajstić information content (AvgIpc) is 2.99. The standard InChI is InChI=1S/C19H15NO/c1-19-9-5-4-8-18(19)21-17-11-16-13(10-14(17)19)12-6-2-3-7-15(12)20-16/h2-11,18,20H,1H3/t18-,19?/m0/s1. The summed E-state index contributed by atoms with van der Waals surface area (Å²) in [6.07, 6.45) is 8.69. The molecule has 2 nitrogen and oxygen atoms in total. The van der Waals surface area contributed by atoms with Crippen LogP contribution in [0.2, 0.25) is 0 Å². The predicted molar refractivity (Wildman–Crippen MR) is 85.9 cm³/mol. The van der Waals surface area contributed by atoms with Crippen molar-refractivity contribution in [2.24, 2.45) is 0 Å². The molecule has 0 amide bonds. The Kier molecular flexibility index (Phi) is 1.91. The Labute approximate surface area is 122 Å². The van der Waals surface area contributed by atoms with Crippen LogP contribution in [-0.2, 0) is 5.41 Å². The van der Waals surface area contributed by atoms with Crippen LogP contribution in [0.1, 0.15) is 12.5 Å². The van der Waals surface area contributed by atoms with E-state index in [-0.39, 0.29) is 11.5 Å². The van der Waals surface area contributed by atoms with Gasteiger partial charge in [-0.1, -0.05) is 36.4 Å². The molecule has 1 N–H and O–H groups in total. The van der Waals surface area contributed by atoms with Gasteiger partial charge in [-0.3, -0.25) is 0 Å². The molecule has 2 aliphatic rings. The SMILES string of the molecule is CC12C=CC=C[C@@H]1Oc1cc3[nH]c4ccccc4c3cc12. The molecule has 1 aromatic heterocycles. The van der Waals surface area contributed by atoms with Crippen molar-refractivity contribution in [1.82, 2.24) is 4.98 Å². The van der Waals surface area contributed by atoms with Gasteiger partial charge in [-0.25, -0.2) is 0 Å². The van der Waals surface area contributed by atoms with Gasteiger partial charge < -0.3 is 9.72 Å². The minimum Gasteiger partial charge on any atom is -0.485 e. The Morgan fingerprint density at radius 3 is 2.90 bits per heavy atom. The molecule has 3 aromatic rings. The van der Waals surface area contributed by atoms with Crippen LogP contribution in [0.25, 0.3) is 21.8 Å². The van der Waals surface area contributed by atoms with E-state index >= 15 is 0 Å². The summed E-state index contributed by atoms with van der Waals surface area (Å²) in [6, 6.07) is 12.9. The minimum atomic E-state index is -0.0589. The van der Waals surface area contributed by atoms with Crippen molar-refractivity contribution in [2.45, 2.75) is 18.4 Å². The third-order valence-corrected chi connectivity index (χ3v) is 4.87. The Bertz CT molecular complexity index is 947. The van der Waals surface area contributed by atoms with Crippen molar-refractivity contribution in [3.8, 4) is 5.75 Å². The number of hydrogen-bond donors (Lipinski definition) is 1. The van der Waals surface area contributed by atoms with E-state index in [4.69, 9.17) is 4.74 Å². The van der Waals surface area contributed by atoms with Crippen molar-refractivity contribution in [3.05, 3.63) is 66.3 Å². The second-order valence-electron chi connectivity index (χ2n) is 6.13. The lowest BCUT2D eigenvalue weighted by atomic mass is 9.76. The average molecular weight is 273 g/mol. The highest BCUT2D eigenvalue weighted by Gasteiger charge is 2.43. The summed E-state index contributed by atoms with van der Waals surface area (Å²) in [5, 5.41) is 2.55. The van der Waals surface area contributed by atoms with Gasteiger partial charge >= 0.3 is 0 Å². The Hall–Kier alpha value is -2.48. The zero-order valence-corrected chi connectivity index (χ0v) is 11.8. The summed E-state index contributed by atoms with van der Waals surface area (Å²) in [7, 11) is 0. The molecular weight excluding hydrogens is 258 g/mol. The first-order valence-electron chi connectivity index (χ1n) is 7.33. The fourth-order valence-corrected chi connectivity index (χ4v) is 3.65. The van der Waals surface area contributed by atoms with Crippen molar-refractivity contribution in [2.75, 3.05) is 0 Å². The number of H-pyrrole nitrogens is 1. The van der Waals surface area contributed by atoms with Crippen molar-refractivity contribution in [3.63, 3.8) is 0 Å². The molecule has 2 heteroatoms. The number of allylic oxidation sites excluding steroid dienone is 2. The lowest BCUT2D eigenvalue weighted by Crippen LogP contribution is -2.32. The van der Waals surface area contributed by atoms with Crippen LogP contribution in [0.4, 0.5) is 0 Å². The van der Waals surface area contributed by atoms with E-state index < -0.39 is 0 Å². The molecule has 21 heavy (non-hydrogen) atoms. The van der Waals surface area contributed by atoms with Crippen molar-refractivity contribution < 1.29 is 4.74 Å². The van der Waals surface area contributed by atoms with Crippen LogP contribution >= 0.6 is 0 Å².